The number of carbonyl (C=O) groups is 6. The molecule has 4 saturated heterocycles. The van der Waals surface area contributed by atoms with E-state index in [9.17, 15) is 28.8 Å². The molecule has 3 aromatic rings. The van der Waals surface area contributed by atoms with Crippen molar-refractivity contribution in [1.82, 2.24) is 30.3 Å². The van der Waals surface area contributed by atoms with Crippen LogP contribution in [-0.4, -0.2) is 119 Å². The zero-order valence-corrected chi connectivity index (χ0v) is 29.7. The Bertz CT molecular complexity index is 2030. The lowest BCUT2D eigenvalue weighted by Crippen LogP contribution is -2.54. The number of nitrogens with two attached hydrogens (primary N) is 1. The van der Waals surface area contributed by atoms with Crippen LogP contribution in [0.5, 0.6) is 0 Å². The fourth-order valence-electron chi connectivity index (χ4n) is 7.99. The van der Waals surface area contributed by atoms with Crippen LogP contribution in [0.15, 0.2) is 42.5 Å². The summed E-state index contributed by atoms with van der Waals surface area (Å²) < 4.78 is 0. The van der Waals surface area contributed by atoms with E-state index in [0.29, 0.717) is 51.6 Å². The molecule has 280 valence electrons. The summed E-state index contributed by atoms with van der Waals surface area (Å²) in [5, 5.41) is 13.6. The van der Waals surface area contributed by atoms with E-state index in [0.717, 1.165) is 54.3 Å². The molecule has 17 nitrogen and oxygen atoms in total. The van der Waals surface area contributed by atoms with E-state index in [1.54, 1.807) is 18.2 Å². The molecule has 6 amide bonds. The number of amides is 6. The molecule has 5 aliphatic rings. The van der Waals surface area contributed by atoms with Crippen molar-refractivity contribution in [1.29, 1.82) is 0 Å². The van der Waals surface area contributed by atoms with Crippen molar-refractivity contribution >= 4 is 64.3 Å². The van der Waals surface area contributed by atoms with Gasteiger partial charge in [-0.3, -0.25) is 39.0 Å². The van der Waals surface area contributed by atoms with Gasteiger partial charge in [0, 0.05) is 75.8 Å². The molecular formula is C37H41N11O6. The Kier molecular flexibility index (Phi) is 9.29. The molecule has 2 unspecified atom stereocenters. The summed E-state index contributed by atoms with van der Waals surface area (Å²) >= 11 is 0. The monoisotopic (exact) mass is 735 g/mol. The highest BCUT2D eigenvalue weighted by Crippen LogP contribution is 2.33. The first kappa shape index (κ1) is 34.9. The van der Waals surface area contributed by atoms with E-state index < -0.39 is 35.6 Å². The first-order valence-corrected chi connectivity index (χ1v) is 18.5. The predicted octanol–water partition coefficient (Wildman–Crippen LogP) is 1.28. The van der Waals surface area contributed by atoms with Crippen molar-refractivity contribution in [3.8, 4) is 0 Å². The summed E-state index contributed by atoms with van der Waals surface area (Å²) in [6.07, 6.45) is 4.08. The third-order valence-electron chi connectivity index (χ3n) is 11.0. The molecule has 17 heteroatoms. The third kappa shape index (κ3) is 6.65. The van der Waals surface area contributed by atoms with Gasteiger partial charge in [0.05, 0.1) is 17.0 Å². The number of nitrogens with zero attached hydrogens (tertiary/aromatic N) is 8. The average Bonchev–Trinajstić information content (AvgIpc) is 3.78. The van der Waals surface area contributed by atoms with Gasteiger partial charge in [-0.15, -0.1) is 10.2 Å². The second kappa shape index (κ2) is 14.4. The minimum absolute atomic E-state index is 0.0248. The quantitative estimate of drug-likeness (QED) is 0.279. The maximum atomic E-state index is 13.6. The molecule has 0 aliphatic carbocycles. The molecule has 2 atom stereocenters. The summed E-state index contributed by atoms with van der Waals surface area (Å²) in [5.74, 6) is -2.25. The van der Waals surface area contributed by atoms with E-state index in [4.69, 9.17) is 5.73 Å². The zero-order chi connectivity index (χ0) is 37.5. The van der Waals surface area contributed by atoms with Crippen LogP contribution in [-0.2, 0) is 14.4 Å². The van der Waals surface area contributed by atoms with Crippen LogP contribution in [0.2, 0.25) is 0 Å². The van der Waals surface area contributed by atoms with E-state index in [1.807, 2.05) is 29.2 Å². The Hall–Kier alpha value is -6.13. The number of hydrogen-bond donors (Lipinski definition) is 3. The number of imide groups is 2. The largest absolute Gasteiger partial charge is 0.371 e. The van der Waals surface area contributed by atoms with Gasteiger partial charge in [-0.1, -0.05) is 0 Å². The highest BCUT2D eigenvalue weighted by atomic mass is 16.2. The van der Waals surface area contributed by atoms with Crippen LogP contribution in [0, 0.1) is 5.92 Å². The molecule has 6 heterocycles. The highest BCUT2D eigenvalue weighted by Gasteiger charge is 2.45. The van der Waals surface area contributed by atoms with Gasteiger partial charge in [-0.05, 0) is 74.6 Å². The Morgan fingerprint density at radius 3 is 2.20 bits per heavy atom. The molecule has 0 spiro atoms. The lowest BCUT2D eigenvalue weighted by Gasteiger charge is -2.37. The summed E-state index contributed by atoms with van der Waals surface area (Å²) in [5.41, 5.74) is 8.46. The molecule has 0 saturated carbocycles. The Morgan fingerprint density at radius 2 is 1.48 bits per heavy atom. The van der Waals surface area contributed by atoms with Crippen molar-refractivity contribution < 1.29 is 28.8 Å². The molecule has 54 heavy (non-hydrogen) atoms. The summed E-state index contributed by atoms with van der Waals surface area (Å²) in [7, 11) is 0. The molecule has 4 fully saturated rings. The van der Waals surface area contributed by atoms with Gasteiger partial charge >= 0.3 is 0 Å². The van der Waals surface area contributed by atoms with E-state index in [-0.39, 0.29) is 47.3 Å². The number of carbonyl (C=O) groups excluding carboxylic acids is 6. The fourth-order valence-corrected chi connectivity index (χ4v) is 7.99. The van der Waals surface area contributed by atoms with Crippen LogP contribution >= 0.6 is 0 Å². The van der Waals surface area contributed by atoms with E-state index in [1.165, 1.54) is 0 Å². The van der Waals surface area contributed by atoms with Gasteiger partial charge in [0.15, 0.2) is 11.5 Å². The minimum atomic E-state index is -1.02. The van der Waals surface area contributed by atoms with Crippen LogP contribution in [0.25, 0.3) is 0 Å². The number of piperazine rings is 1. The number of primary amides is 1. The SMILES string of the molecule is NC(=O)c1nnc(N2CCCCC2)nc1Nc1ccc(N2CCN(C(=O)C3CCN(c4ccc5c(c4)C(=O)N(C4CCC(=O)NC4=O)C5=O)C3)CC2)cc1. The van der Waals surface area contributed by atoms with Crippen molar-refractivity contribution in [2.24, 2.45) is 11.7 Å². The van der Waals surface area contributed by atoms with E-state index >= 15 is 0 Å². The molecule has 5 aliphatic heterocycles. The summed E-state index contributed by atoms with van der Waals surface area (Å²) in [6, 6.07) is 11.8. The Labute approximate surface area is 310 Å². The number of piperidine rings is 2. The fraction of sp³-hybridized carbons (Fsp3) is 0.432. The highest BCUT2D eigenvalue weighted by molar-refractivity contribution is 6.23. The Balaban J connectivity index is 0.854. The number of benzene rings is 2. The molecule has 0 radical (unpaired) electrons. The second-order valence-corrected chi connectivity index (χ2v) is 14.3. The summed E-state index contributed by atoms with van der Waals surface area (Å²) in [6.45, 7) is 5.28. The van der Waals surface area contributed by atoms with Gasteiger partial charge in [-0.2, -0.15) is 4.98 Å². The molecule has 1 aromatic heterocycles. The van der Waals surface area contributed by atoms with E-state index in [2.05, 4.69) is 40.5 Å². The number of aromatic nitrogens is 3. The number of rotatable bonds is 8. The van der Waals surface area contributed by atoms with Crippen LogP contribution < -0.4 is 31.1 Å². The van der Waals surface area contributed by atoms with Crippen molar-refractivity contribution in [3.63, 3.8) is 0 Å². The van der Waals surface area contributed by atoms with Crippen molar-refractivity contribution in [3.05, 3.63) is 59.3 Å². The van der Waals surface area contributed by atoms with Gasteiger partial charge in [-0.25, -0.2) is 0 Å². The standard InChI is InChI=1S/C37H41N11O6/c38-31(50)30-32(41-37(43-42-30)46-13-2-1-3-14-46)39-23-4-6-24(7-5-23)44-16-18-45(19-17-44)34(52)22-12-15-47(21-22)25-8-9-26-27(20-25)36(54)48(35(26)53)28-10-11-29(49)40-33(28)51/h4-9,20,22,28H,1-3,10-19,21H2,(H2,38,50)(H,39,41,43)(H,40,49,51). The van der Waals surface area contributed by atoms with Crippen molar-refractivity contribution in [2.45, 2.75) is 44.6 Å². The maximum absolute atomic E-state index is 13.6. The third-order valence-corrected chi connectivity index (χ3v) is 11.0. The van der Waals surface area contributed by atoms with Gasteiger partial charge in [0.2, 0.25) is 23.7 Å². The average molecular weight is 736 g/mol. The van der Waals surface area contributed by atoms with Gasteiger partial charge < -0.3 is 30.7 Å². The Morgan fingerprint density at radius 1 is 0.759 bits per heavy atom. The first-order valence-electron chi connectivity index (χ1n) is 18.5. The van der Waals surface area contributed by atoms with Crippen LogP contribution in [0.4, 0.5) is 28.8 Å². The predicted molar refractivity (Wildman–Crippen MR) is 196 cm³/mol. The molecule has 2 aromatic carbocycles. The van der Waals surface area contributed by atoms with Gasteiger partial charge in [0.1, 0.15) is 6.04 Å². The van der Waals surface area contributed by atoms with Crippen LogP contribution in [0.1, 0.15) is 69.7 Å². The lowest BCUT2D eigenvalue weighted by atomic mass is 10.0. The summed E-state index contributed by atoms with van der Waals surface area (Å²) in [4.78, 5) is 90.0. The topological polar surface area (TPSA) is 207 Å². The first-order chi connectivity index (χ1) is 26.1. The van der Waals surface area contributed by atoms with Gasteiger partial charge in [0.25, 0.3) is 17.7 Å². The maximum Gasteiger partial charge on any atom is 0.273 e. The molecular weight excluding hydrogens is 694 g/mol. The molecule has 8 rings (SSSR count). The smallest absolute Gasteiger partial charge is 0.273 e. The van der Waals surface area contributed by atoms with Crippen molar-refractivity contribution in [2.75, 3.05) is 72.4 Å². The molecule has 0 bridgehead atoms. The number of nitrogens with one attached hydrogen (secondary N) is 2. The lowest BCUT2D eigenvalue weighted by molar-refractivity contribution is -0.136. The minimum Gasteiger partial charge on any atom is -0.371 e. The second-order valence-electron chi connectivity index (χ2n) is 14.3. The zero-order valence-electron chi connectivity index (χ0n) is 29.7. The number of hydrogen-bond acceptors (Lipinski definition) is 13. The molecule has 4 N–H and O–H groups in total. The number of fused-ring (bicyclic) bond motifs is 1. The normalized spacial score (nSPS) is 21.7. The number of anilines is 5. The van der Waals surface area contributed by atoms with Crippen LogP contribution in [0.3, 0.4) is 0 Å².